The molecule has 0 aliphatic rings. The van der Waals surface area contributed by atoms with Crippen LogP contribution in [0.15, 0.2) is 95.2 Å². The minimum absolute atomic E-state index is 0.411. The Bertz CT molecular complexity index is 1330. The average molecular weight is 481 g/mol. The van der Waals surface area contributed by atoms with Gasteiger partial charge in [-0.3, -0.25) is 0 Å². The number of nitrogens with zero attached hydrogens (tertiary/aromatic N) is 2. The summed E-state index contributed by atoms with van der Waals surface area (Å²) in [6.45, 7) is 4.82. The number of azo groups is 1. The van der Waals surface area contributed by atoms with Gasteiger partial charge in [-0.2, -0.15) is 10.2 Å². The second kappa shape index (κ2) is 12.6. The van der Waals surface area contributed by atoms with Crippen molar-refractivity contribution in [2.75, 3.05) is 6.61 Å². The zero-order valence-corrected chi connectivity index (χ0v) is 20.9. The van der Waals surface area contributed by atoms with E-state index in [1.807, 2.05) is 49.4 Å². The summed E-state index contributed by atoms with van der Waals surface area (Å²) < 4.78 is 11.3. The molecule has 0 heterocycles. The monoisotopic (exact) mass is 480 g/mol. The highest BCUT2D eigenvalue weighted by Gasteiger charge is 2.10. The van der Waals surface area contributed by atoms with E-state index >= 15 is 0 Å². The molecule has 5 nitrogen and oxygen atoms in total. The number of carbonyl (C=O) groups is 1. The van der Waals surface area contributed by atoms with Crippen molar-refractivity contribution in [3.05, 3.63) is 96.1 Å². The van der Waals surface area contributed by atoms with Crippen LogP contribution in [0.25, 0.3) is 10.8 Å². The van der Waals surface area contributed by atoms with Gasteiger partial charge in [0.25, 0.3) is 0 Å². The van der Waals surface area contributed by atoms with Crippen molar-refractivity contribution in [1.82, 2.24) is 0 Å². The second-order valence-corrected chi connectivity index (χ2v) is 8.86. The fourth-order valence-electron chi connectivity index (χ4n) is 3.90. The number of hydrogen-bond acceptors (Lipinski definition) is 5. The summed E-state index contributed by atoms with van der Waals surface area (Å²) in [7, 11) is 0. The lowest BCUT2D eigenvalue weighted by Gasteiger charge is -2.08. The van der Waals surface area contributed by atoms with Gasteiger partial charge in [-0.05, 0) is 84.3 Å². The molecule has 0 bridgehead atoms. The highest BCUT2D eigenvalue weighted by Crippen LogP contribution is 2.28. The number of fused-ring (bicyclic) bond motifs is 1. The fourth-order valence-corrected chi connectivity index (χ4v) is 3.90. The molecule has 5 heteroatoms. The van der Waals surface area contributed by atoms with Crippen LogP contribution in [-0.4, -0.2) is 12.6 Å². The molecule has 0 unspecified atom stereocenters. The predicted octanol–water partition coefficient (Wildman–Crippen LogP) is 9.13. The van der Waals surface area contributed by atoms with Gasteiger partial charge in [-0.25, -0.2) is 4.79 Å². The van der Waals surface area contributed by atoms with E-state index in [4.69, 9.17) is 9.47 Å². The van der Waals surface area contributed by atoms with Crippen LogP contribution < -0.4 is 9.47 Å². The van der Waals surface area contributed by atoms with E-state index in [2.05, 4.69) is 29.3 Å². The molecule has 4 aromatic carbocycles. The number of carbonyl (C=O) groups excluding carboxylic acids is 1. The van der Waals surface area contributed by atoms with Crippen molar-refractivity contribution in [2.24, 2.45) is 10.2 Å². The lowest BCUT2D eigenvalue weighted by molar-refractivity contribution is 0.0734. The summed E-state index contributed by atoms with van der Waals surface area (Å²) in [5.74, 6) is 0.819. The Morgan fingerprint density at radius 3 is 2.28 bits per heavy atom. The molecule has 36 heavy (non-hydrogen) atoms. The Hall–Kier alpha value is -3.99. The first-order valence-corrected chi connectivity index (χ1v) is 12.6. The maximum atomic E-state index is 12.6. The molecule has 0 spiro atoms. The van der Waals surface area contributed by atoms with Crippen LogP contribution in [0.5, 0.6) is 11.5 Å². The fraction of sp³-hybridized carbons (Fsp3) is 0.258. The quantitative estimate of drug-likeness (QED) is 0.0930. The molecule has 0 amide bonds. The van der Waals surface area contributed by atoms with Crippen LogP contribution >= 0.6 is 0 Å². The van der Waals surface area contributed by atoms with E-state index in [1.54, 1.807) is 30.3 Å². The van der Waals surface area contributed by atoms with Crippen molar-refractivity contribution in [1.29, 1.82) is 0 Å². The number of benzene rings is 4. The Morgan fingerprint density at radius 2 is 1.50 bits per heavy atom. The number of aryl methyl sites for hydroxylation is 1. The third kappa shape index (κ3) is 7.01. The van der Waals surface area contributed by atoms with Crippen LogP contribution in [0.3, 0.4) is 0 Å². The molecule has 0 N–H and O–H groups in total. The van der Waals surface area contributed by atoms with Crippen molar-refractivity contribution in [2.45, 2.75) is 46.0 Å². The Kier molecular flexibility index (Phi) is 8.82. The van der Waals surface area contributed by atoms with Crippen LogP contribution in [0.1, 0.15) is 54.9 Å². The summed E-state index contributed by atoms with van der Waals surface area (Å²) in [5.41, 5.74) is 2.85. The van der Waals surface area contributed by atoms with Gasteiger partial charge in [0.05, 0.1) is 23.5 Å². The molecule has 4 rings (SSSR count). The second-order valence-electron chi connectivity index (χ2n) is 8.86. The molecule has 0 aliphatic carbocycles. The zero-order chi connectivity index (χ0) is 25.2. The summed E-state index contributed by atoms with van der Waals surface area (Å²) in [6.07, 6.45) is 5.98. The SMILES string of the molecule is CCCCCCCOc1ccc(C(=O)Oc2ccc(N=Nc3ccc4ccccc4c3)c(C)c2)cc1. The highest BCUT2D eigenvalue weighted by atomic mass is 16.5. The lowest BCUT2D eigenvalue weighted by atomic mass is 10.1. The number of esters is 1. The molecule has 0 radical (unpaired) electrons. The van der Waals surface area contributed by atoms with Crippen molar-refractivity contribution >= 4 is 28.1 Å². The van der Waals surface area contributed by atoms with Gasteiger partial charge >= 0.3 is 5.97 Å². The third-order valence-electron chi connectivity index (χ3n) is 5.99. The Morgan fingerprint density at radius 1 is 0.750 bits per heavy atom. The van der Waals surface area contributed by atoms with Gasteiger partial charge in [-0.1, -0.05) is 62.9 Å². The number of ether oxygens (including phenoxy) is 2. The third-order valence-corrected chi connectivity index (χ3v) is 5.99. The Balaban J connectivity index is 1.32. The molecule has 4 aromatic rings. The number of rotatable bonds is 11. The molecule has 184 valence electrons. The first-order valence-electron chi connectivity index (χ1n) is 12.6. The van der Waals surface area contributed by atoms with Gasteiger partial charge < -0.3 is 9.47 Å². The van der Waals surface area contributed by atoms with Gasteiger partial charge in [0.1, 0.15) is 11.5 Å². The van der Waals surface area contributed by atoms with Crippen molar-refractivity contribution < 1.29 is 14.3 Å². The van der Waals surface area contributed by atoms with Crippen LogP contribution in [0.2, 0.25) is 0 Å². The predicted molar refractivity (Wildman–Crippen MR) is 145 cm³/mol. The number of hydrogen-bond donors (Lipinski definition) is 0. The molecule has 0 saturated heterocycles. The first kappa shape index (κ1) is 25.1. The van der Waals surface area contributed by atoms with E-state index < -0.39 is 5.97 Å². The molecule has 0 aliphatic heterocycles. The standard InChI is InChI=1S/C31H32N2O3/c1-3-4-5-6-9-20-35-28-16-13-25(14-17-28)31(34)36-29-18-19-30(23(2)21-29)33-32-27-15-12-24-10-7-8-11-26(24)22-27/h7-8,10-19,21-22H,3-6,9,20H2,1-2H3. The van der Waals surface area contributed by atoms with Gasteiger partial charge in [0, 0.05) is 0 Å². The summed E-state index contributed by atoms with van der Waals surface area (Å²) in [6, 6.07) is 26.5. The molecular formula is C31H32N2O3. The van der Waals surface area contributed by atoms with Crippen LogP contribution in [0.4, 0.5) is 11.4 Å². The molecular weight excluding hydrogens is 448 g/mol. The molecule has 0 saturated carbocycles. The summed E-state index contributed by atoms with van der Waals surface area (Å²) in [4.78, 5) is 12.6. The van der Waals surface area contributed by atoms with E-state index in [0.717, 1.165) is 34.5 Å². The molecule has 0 aromatic heterocycles. The normalized spacial score (nSPS) is 11.2. The van der Waals surface area contributed by atoms with Gasteiger partial charge in [-0.15, -0.1) is 0 Å². The summed E-state index contributed by atoms with van der Waals surface area (Å²) >= 11 is 0. The molecule has 0 fully saturated rings. The van der Waals surface area contributed by atoms with Crippen molar-refractivity contribution in [3.63, 3.8) is 0 Å². The highest BCUT2D eigenvalue weighted by molar-refractivity contribution is 5.91. The van der Waals surface area contributed by atoms with E-state index in [1.165, 1.54) is 31.1 Å². The maximum absolute atomic E-state index is 12.6. The van der Waals surface area contributed by atoms with E-state index in [9.17, 15) is 4.79 Å². The van der Waals surface area contributed by atoms with Crippen molar-refractivity contribution in [3.8, 4) is 11.5 Å². The lowest BCUT2D eigenvalue weighted by Crippen LogP contribution is -2.08. The molecule has 0 atom stereocenters. The van der Waals surface area contributed by atoms with Crippen LogP contribution in [-0.2, 0) is 0 Å². The van der Waals surface area contributed by atoms with E-state index in [0.29, 0.717) is 17.9 Å². The number of unbranched alkanes of at least 4 members (excludes halogenated alkanes) is 4. The first-order chi connectivity index (χ1) is 17.6. The average Bonchev–Trinajstić information content (AvgIpc) is 2.90. The largest absolute Gasteiger partial charge is 0.494 e. The zero-order valence-electron chi connectivity index (χ0n) is 20.9. The minimum Gasteiger partial charge on any atom is -0.494 e. The maximum Gasteiger partial charge on any atom is 0.343 e. The van der Waals surface area contributed by atoms with Crippen LogP contribution in [0, 0.1) is 6.92 Å². The minimum atomic E-state index is -0.411. The van der Waals surface area contributed by atoms with Gasteiger partial charge in [0.2, 0.25) is 0 Å². The topological polar surface area (TPSA) is 60.2 Å². The van der Waals surface area contributed by atoms with Gasteiger partial charge in [0.15, 0.2) is 0 Å². The Labute approximate surface area is 212 Å². The smallest absolute Gasteiger partial charge is 0.343 e. The van der Waals surface area contributed by atoms with E-state index in [-0.39, 0.29) is 0 Å². The summed E-state index contributed by atoms with van der Waals surface area (Å²) in [5, 5.41) is 11.1.